The van der Waals surface area contributed by atoms with E-state index in [1.54, 1.807) is 25.4 Å². The van der Waals surface area contributed by atoms with Gasteiger partial charge in [0.1, 0.15) is 17.1 Å². The number of hydrogen-bond acceptors (Lipinski definition) is 5. The van der Waals surface area contributed by atoms with Crippen molar-refractivity contribution in [2.45, 2.75) is 0 Å². The molecule has 1 N–H and O–H groups in total. The average molecular weight is 313 g/mol. The minimum Gasteiger partial charge on any atom is -0.497 e. The summed E-state index contributed by atoms with van der Waals surface area (Å²) in [6.07, 6.45) is 1.64. The number of anilines is 2. The number of carbonyl (C=O) groups is 1. The smallest absolute Gasteiger partial charge is 0.339 e. The van der Waals surface area contributed by atoms with Crippen LogP contribution in [0.2, 0.25) is 0 Å². The molecule has 120 valence electrons. The monoisotopic (exact) mass is 313 g/mol. The van der Waals surface area contributed by atoms with E-state index in [0.29, 0.717) is 5.82 Å². The average Bonchev–Trinajstić information content (AvgIpc) is 2.62. The van der Waals surface area contributed by atoms with Crippen LogP contribution in [0.1, 0.15) is 10.4 Å². The lowest BCUT2D eigenvalue weighted by Gasteiger charge is -2.37. The van der Waals surface area contributed by atoms with Gasteiger partial charge in [-0.3, -0.25) is 0 Å². The fourth-order valence-electron chi connectivity index (χ4n) is 2.79. The first kappa shape index (κ1) is 15.1. The van der Waals surface area contributed by atoms with Gasteiger partial charge in [-0.05, 0) is 36.4 Å². The molecule has 2 heterocycles. The molecule has 1 saturated heterocycles. The van der Waals surface area contributed by atoms with Crippen molar-refractivity contribution in [3.8, 4) is 5.75 Å². The third-order valence-electron chi connectivity index (χ3n) is 4.03. The van der Waals surface area contributed by atoms with Crippen LogP contribution in [0.15, 0.2) is 42.6 Å². The topological polar surface area (TPSA) is 65.9 Å². The number of carboxylic acid groups (broad SMARTS) is 1. The first-order valence-electron chi connectivity index (χ1n) is 7.51. The summed E-state index contributed by atoms with van der Waals surface area (Å²) in [4.78, 5) is 19.9. The first-order chi connectivity index (χ1) is 11.2. The van der Waals surface area contributed by atoms with E-state index in [2.05, 4.69) is 9.88 Å². The van der Waals surface area contributed by atoms with Crippen LogP contribution in [0.5, 0.6) is 5.75 Å². The van der Waals surface area contributed by atoms with Gasteiger partial charge in [-0.1, -0.05) is 0 Å². The molecule has 3 rings (SSSR count). The Balaban J connectivity index is 1.70. The van der Waals surface area contributed by atoms with E-state index in [0.717, 1.165) is 37.6 Å². The number of piperazine rings is 1. The highest BCUT2D eigenvalue weighted by molar-refractivity contribution is 5.93. The van der Waals surface area contributed by atoms with Crippen molar-refractivity contribution in [3.05, 3.63) is 48.2 Å². The highest BCUT2D eigenvalue weighted by atomic mass is 16.5. The highest BCUT2D eigenvalue weighted by Crippen LogP contribution is 2.23. The molecule has 1 aliphatic heterocycles. The number of rotatable bonds is 4. The molecule has 6 heteroatoms. The van der Waals surface area contributed by atoms with Crippen molar-refractivity contribution in [2.24, 2.45) is 0 Å². The van der Waals surface area contributed by atoms with Crippen LogP contribution in [-0.2, 0) is 0 Å². The van der Waals surface area contributed by atoms with Gasteiger partial charge < -0.3 is 19.6 Å². The number of aromatic nitrogens is 1. The number of ether oxygens (including phenoxy) is 1. The molecule has 6 nitrogen and oxygen atoms in total. The Bertz CT molecular complexity index is 680. The molecule has 0 aliphatic carbocycles. The summed E-state index contributed by atoms with van der Waals surface area (Å²) in [5.41, 5.74) is 1.40. The quantitative estimate of drug-likeness (QED) is 0.932. The van der Waals surface area contributed by atoms with E-state index >= 15 is 0 Å². The highest BCUT2D eigenvalue weighted by Gasteiger charge is 2.22. The zero-order valence-electron chi connectivity index (χ0n) is 13.0. The SMILES string of the molecule is COc1ccc(N2CCN(c3ncccc3C(=O)O)CC2)cc1. The molecule has 0 unspecified atom stereocenters. The van der Waals surface area contributed by atoms with Gasteiger partial charge >= 0.3 is 5.97 Å². The second kappa shape index (κ2) is 6.56. The molecule has 0 spiro atoms. The van der Waals surface area contributed by atoms with E-state index in [4.69, 9.17) is 4.74 Å². The number of benzene rings is 1. The number of carboxylic acids is 1. The van der Waals surface area contributed by atoms with Crippen molar-refractivity contribution in [1.29, 1.82) is 0 Å². The Hall–Kier alpha value is -2.76. The van der Waals surface area contributed by atoms with Gasteiger partial charge in [-0.15, -0.1) is 0 Å². The minimum atomic E-state index is -0.939. The van der Waals surface area contributed by atoms with E-state index in [9.17, 15) is 9.90 Å². The molecule has 0 atom stereocenters. The molecule has 1 aliphatic rings. The Morgan fingerprint density at radius 1 is 1.09 bits per heavy atom. The van der Waals surface area contributed by atoms with Crippen molar-refractivity contribution in [3.63, 3.8) is 0 Å². The maximum atomic E-state index is 11.3. The second-order valence-corrected chi connectivity index (χ2v) is 5.35. The van der Waals surface area contributed by atoms with Gasteiger partial charge in [0, 0.05) is 38.1 Å². The van der Waals surface area contributed by atoms with Gasteiger partial charge in [0.2, 0.25) is 0 Å². The lowest BCUT2D eigenvalue weighted by Crippen LogP contribution is -2.47. The Kier molecular flexibility index (Phi) is 4.32. The summed E-state index contributed by atoms with van der Waals surface area (Å²) in [6.45, 7) is 3.12. The molecule has 1 fully saturated rings. The van der Waals surface area contributed by atoms with Crippen LogP contribution in [0.3, 0.4) is 0 Å². The third-order valence-corrected chi connectivity index (χ3v) is 4.03. The minimum absolute atomic E-state index is 0.255. The van der Waals surface area contributed by atoms with Gasteiger partial charge in [-0.2, -0.15) is 0 Å². The predicted octanol–water partition coefficient (Wildman–Crippen LogP) is 2.11. The zero-order chi connectivity index (χ0) is 16.2. The molecule has 1 aromatic carbocycles. The molecule has 0 saturated carbocycles. The van der Waals surface area contributed by atoms with Gasteiger partial charge in [0.25, 0.3) is 0 Å². The lowest BCUT2D eigenvalue weighted by atomic mass is 10.2. The summed E-state index contributed by atoms with van der Waals surface area (Å²) in [5, 5.41) is 9.29. The second-order valence-electron chi connectivity index (χ2n) is 5.35. The maximum Gasteiger partial charge on any atom is 0.339 e. The molecule has 0 amide bonds. The van der Waals surface area contributed by atoms with Crippen molar-refractivity contribution in [1.82, 2.24) is 4.98 Å². The van der Waals surface area contributed by atoms with Gasteiger partial charge in [0.15, 0.2) is 0 Å². The molecule has 23 heavy (non-hydrogen) atoms. The van der Waals surface area contributed by atoms with E-state index in [1.165, 1.54) is 0 Å². The van der Waals surface area contributed by atoms with Gasteiger partial charge in [0.05, 0.1) is 7.11 Å². The summed E-state index contributed by atoms with van der Waals surface area (Å²) in [7, 11) is 1.65. The fourth-order valence-corrected chi connectivity index (χ4v) is 2.79. The number of hydrogen-bond donors (Lipinski definition) is 1. The Morgan fingerprint density at radius 3 is 2.35 bits per heavy atom. The van der Waals surface area contributed by atoms with Crippen LogP contribution >= 0.6 is 0 Å². The van der Waals surface area contributed by atoms with E-state index < -0.39 is 5.97 Å². The van der Waals surface area contributed by atoms with Crippen LogP contribution < -0.4 is 14.5 Å². The summed E-state index contributed by atoms with van der Waals surface area (Å²) in [6, 6.07) is 11.2. The number of methoxy groups -OCH3 is 1. The van der Waals surface area contributed by atoms with E-state index in [-0.39, 0.29) is 5.56 Å². The molecular formula is C17H19N3O3. The third kappa shape index (κ3) is 3.21. The van der Waals surface area contributed by atoms with Crippen molar-refractivity contribution < 1.29 is 14.6 Å². The summed E-state index contributed by atoms with van der Waals surface area (Å²) >= 11 is 0. The maximum absolute atomic E-state index is 11.3. The normalized spacial score (nSPS) is 14.7. The van der Waals surface area contributed by atoms with Crippen molar-refractivity contribution in [2.75, 3.05) is 43.1 Å². The summed E-state index contributed by atoms with van der Waals surface area (Å²) in [5.74, 6) is 0.451. The van der Waals surface area contributed by atoms with Crippen LogP contribution in [-0.4, -0.2) is 49.3 Å². The fraction of sp³-hybridized carbons (Fsp3) is 0.294. The van der Waals surface area contributed by atoms with E-state index in [1.807, 2.05) is 29.2 Å². The van der Waals surface area contributed by atoms with Crippen LogP contribution in [0, 0.1) is 0 Å². The standard InChI is InChI=1S/C17H19N3O3/c1-23-14-6-4-13(5-7-14)19-9-11-20(12-10-19)16-15(17(21)22)3-2-8-18-16/h2-8H,9-12H2,1H3,(H,21,22). The molecule has 1 aromatic heterocycles. The largest absolute Gasteiger partial charge is 0.497 e. The zero-order valence-corrected chi connectivity index (χ0v) is 13.0. The van der Waals surface area contributed by atoms with Crippen molar-refractivity contribution >= 4 is 17.5 Å². The predicted molar refractivity (Wildman–Crippen MR) is 88.6 cm³/mol. The number of pyridine rings is 1. The molecule has 2 aromatic rings. The Labute approximate surface area is 134 Å². The number of nitrogens with zero attached hydrogens (tertiary/aromatic N) is 3. The molecular weight excluding hydrogens is 294 g/mol. The van der Waals surface area contributed by atoms with Crippen LogP contribution in [0.4, 0.5) is 11.5 Å². The first-order valence-corrected chi connectivity index (χ1v) is 7.51. The lowest BCUT2D eigenvalue weighted by molar-refractivity contribution is 0.0697. The number of aromatic carboxylic acids is 1. The molecule has 0 radical (unpaired) electrons. The van der Waals surface area contributed by atoms with Crippen LogP contribution in [0.25, 0.3) is 0 Å². The Morgan fingerprint density at radius 2 is 1.74 bits per heavy atom. The van der Waals surface area contributed by atoms with Gasteiger partial charge in [-0.25, -0.2) is 9.78 Å². The molecule has 0 bridgehead atoms. The summed E-state index contributed by atoms with van der Waals surface area (Å²) < 4.78 is 5.18.